The Hall–Kier alpha value is -0.130. The van der Waals surface area contributed by atoms with Gasteiger partial charge in [0, 0.05) is 12.6 Å². The van der Waals surface area contributed by atoms with Gasteiger partial charge >= 0.3 is 0 Å². The third-order valence-electron chi connectivity index (χ3n) is 2.69. The van der Waals surface area contributed by atoms with Crippen LogP contribution in [0.25, 0.3) is 0 Å². The van der Waals surface area contributed by atoms with Crippen LogP contribution in [0.3, 0.4) is 0 Å². The Labute approximate surface area is 86.3 Å². The van der Waals surface area contributed by atoms with E-state index in [9.17, 15) is 8.42 Å². The molecule has 1 aliphatic heterocycles. The van der Waals surface area contributed by atoms with Gasteiger partial charge in [-0.3, -0.25) is 0 Å². The Morgan fingerprint density at radius 2 is 2.07 bits per heavy atom. The Morgan fingerprint density at radius 3 is 2.43 bits per heavy atom. The molecule has 2 unspecified atom stereocenters. The normalized spacial score (nSPS) is 29.4. The smallest absolute Gasteiger partial charge is 0.213 e. The summed E-state index contributed by atoms with van der Waals surface area (Å²) in [6, 6.07) is 0.466. The summed E-state index contributed by atoms with van der Waals surface area (Å²) in [7, 11) is -3.34. The van der Waals surface area contributed by atoms with Gasteiger partial charge in [0.25, 0.3) is 0 Å². The fraction of sp³-hybridized carbons (Fsp3) is 1.00. The van der Waals surface area contributed by atoms with Crippen molar-refractivity contribution in [3.63, 3.8) is 0 Å². The van der Waals surface area contributed by atoms with Gasteiger partial charge in [-0.15, -0.1) is 0 Å². The molecular weight excluding hydrogens is 200 g/mol. The monoisotopic (exact) mass is 220 g/mol. The predicted octanol–water partition coefficient (Wildman–Crippen LogP) is 0.442. The second-order valence-electron chi connectivity index (χ2n) is 4.52. The molecule has 1 saturated heterocycles. The molecule has 0 bridgehead atoms. The van der Waals surface area contributed by atoms with Crippen molar-refractivity contribution in [1.82, 2.24) is 5.32 Å². The third-order valence-corrected chi connectivity index (χ3v) is 4.02. The average molecular weight is 220 g/mol. The molecular formula is C9H20N2O2S. The summed E-state index contributed by atoms with van der Waals surface area (Å²) in [6.45, 7) is 4.86. The van der Waals surface area contributed by atoms with Crippen LogP contribution in [0.1, 0.15) is 33.1 Å². The minimum Gasteiger partial charge on any atom is -0.313 e. The maximum atomic E-state index is 11.1. The lowest BCUT2D eigenvalue weighted by atomic mass is 9.96. The second-order valence-corrected chi connectivity index (χ2v) is 6.37. The number of primary sulfonamides is 1. The quantitative estimate of drug-likeness (QED) is 0.725. The molecule has 1 heterocycles. The lowest BCUT2D eigenvalue weighted by molar-refractivity contribution is 0.347. The van der Waals surface area contributed by atoms with Crippen molar-refractivity contribution in [1.29, 1.82) is 0 Å². The largest absolute Gasteiger partial charge is 0.313 e. The number of piperidine rings is 1. The molecule has 4 nitrogen and oxygen atoms in total. The zero-order valence-corrected chi connectivity index (χ0v) is 9.68. The van der Waals surface area contributed by atoms with Crippen molar-refractivity contribution in [2.45, 2.75) is 44.4 Å². The highest BCUT2D eigenvalue weighted by Gasteiger charge is 2.27. The van der Waals surface area contributed by atoms with Crippen LogP contribution in [-0.2, 0) is 10.0 Å². The van der Waals surface area contributed by atoms with E-state index in [0.29, 0.717) is 24.9 Å². The van der Waals surface area contributed by atoms with Gasteiger partial charge in [-0.2, -0.15) is 0 Å². The molecule has 2 atom stereocenters. The Balaban J connectivity index is 2.39. The molecule has 14 heavy (non-hydrogen) atoms. The third kappa shape index (κ3) is 3.55. The highest BCUT2D eigenvalue weighted by Crippen LogP contribution is 2.17. The van der Waals surface area contributed by atoms with E-state index in [1.807, 2.05) is 0 Å². The molecule has 0 aliphatic carbocycles. The molecule has 1 aliphatic rings. The van der Waals surface area contributed by atoms with E-state index in [4.69, 9.17) is 5.14 Å². The van der Waals surface area contributed by atoms with Crippen LogP contribution in [0.15, 0.2) is 0 Å². The zero-order valence-electron chi connectivity index (χ0n) is 8.86. The van der Waals surface area contributed by atoms with E-state index in [0.717, 1.165) is 12.8 Å². The average Bonchev–Trinajstić information content (AvgIpc) is 2.02. The summed E-state index contributed by atoms with van der Waals surface area (Å²) < 4.78 is 22.1. The standard InChI is InChI=1S/C9H20N2O2S/c1-7(2)5-8-3-4-9(6-11-8)14(10,12)13/h7-9,11H,3-6H2,1-2H3,(H2,10,12,13). The van der Waals surface area contributed by atoms with Crippen LogP contribution in [-0.4, -0.2) is 26.3 Å². The first-order valence-corrected chi connectivity index (χ1v) is 6.75. The molecule has 1 fully saturated rings. The lowest BCUT2D eigenvalue weighted by Crippen LogP contribution is -2.47. The van der Waals surface area contributed by atoms with E-state index >= 15 is 0 Å². The molecule has 0 amide bonds. The minimum absolute atomic E-state index is 0.383. The van der Waals surface area contributed by atoms with E-state index in [-0.39, 0.29) is 5.25 Å². The highest BCUT2D eigenvalue weighted by molar-refractivity contribution is 7.89. The SMILES string of the molecule is CC(C)CC1CCC(S(N)(=O)=O)CN1. The summed E-state index contributed by atoms with van der Waals surface area (Å²) in [5.41, 5.74) is 0. The van der Waals surface area contributed by atoms with Crippen LogP contribution in [0.2, 0.25) is 0 Å². The maximum Gasteiger partial charge on any atom is 0.213 e. The van der Waals surface area contributed by atoms with Crippen LogP contribution in [0, 0.1) is 5.92 Å². The van der Waals surface area contributed by atoms with Crippen molar-refractivity contribution in [3.05, 3.63) is 0 Å². The summed E-state index contributed by atoms with van der Waals surface area (Å²) in [5, 5.41) is 7.95. The van der Waals surface area contributed by atoms with E-state index in [1.54, 1.807) is 0 Å². The van der Waals surface area contributed by atoms with Crippen molar-refractivity contribution in [3.8, 4) is 0 Å². The Bertz CT molecular complexity index is 267. The fourth-order valence-corrected chi connectivity index (χ4v) is 2.73. The number of sulfonamides is 1. The van der Waals surface area contributed by atoms with Crippen molar-refractivity contribution >= 4 is 10.0 Å². The van der Waals surface area contributed by atoms with Crippen molar-refractivity contribution < 1.29 is 8.42 Å². The Kier molecular flexibility index (Phi) is 3.92. The van der Waals surface area contributed by atoms with Crippen LogP contribution >= 0.6 is 0 Å². The number of hydrogen-bond acceptors (Lipinski definition) is 3. The molecule has 1 rings (SSSR count). The van der Waals surface area contributed by atoms with Crippen LogP contribution in [0.4, 0.5) is 0 Å². The molecule has 0 saturated carbocycles. The predicted molar refractivity (Wildman–Crippen MR) is 57.4 cm³/mol. The number of nitrogens with one attached hydrogen (secondary N) is 1. The molecule has 0 radical (unpaired) electrons. The van der Waals surface area contributed by atoms with E-state index in [1.165, 1.54) is 0 Å². The van der Waals surface area contributed by atoms with Crippen molar-refractivity contribution in [2.24, 2.45) is 11.1 Å². The summed E-state index contributed by atoms with van der Waals surface area (Å²) in [6.07, 6.45) is 2.72. The minimum atomic E-state index is -3.34. The van der Waals surface area contributed by atoms with Gasteiger partial charge in [-0.25, -0.2) is 13.6 Å². The molecule has 84 valence electrons. The molecule has 0 aromatic rings. The van der Waals surface area contributed by atoms with Gasteiger partial charge in [-0.05, 0) is 25.2 Å². The topological polar surface area (TPSA) is 72.2 Å². The van der Waals surface area contributed by atoms with E-state index in [2.05, 4.69) is 19.2 Å². The van der Waals surface area contributed by atoms with Crippen molar-refractivity contribution in [2.75, 3.05) is 6.54 Å². The van der Waals surface area contributed by atoms with Gasteiger partial charge in [0.2, 0.25) is 10.0 Å². The van der Waals surface area contributed by atoms with Gasteiger partial charge < -0.3 is 5.32 Å². The summed E-state index contributed by atoms with van der Waals surface area (Å²) >= 11 is 0. The van der Waals surface area contributed by atoms with Gasteiger partial charge in [0.1, 0.15) is 0 Å². The van der Waals surface area contributed by atoms with E-state index < -0.39 is 10.0 Å². The summed E-state index contributed by atoms with van der Waals surface area (Å²) in [5.74, 6) is 0.651. The first-order chi connectivity index (χ1) is 6.39. The molecule has 0 aromatic heterocycles. The van der Waals surface area contributed by atoms with Gasteiger partial charge in [-0.1, -0.05) is 13.8 Å². The fourth-order valence-electron chi connectivity index (χ4n) is 1.94. The number of nitrogens with two attached hydrogens (primary N) is 1. The molecule has 3 N–H and O–H groups in total. The summed E-state index contributed by atoms with van der Waals surface area (Å²) in [4.78, 5) is 0. The molecule has 0 spiro atoms. The maximum absolute atomic E-state index is 11.1. The second kappa shape index (κ2) is 4.59. The zero-order chi connectivity index (χ0) is 10.8. The Morgan fingerprint density at radius 1 is 1.43 bits per heavy atom. The lowest BCUT2D eigenvalue weighted by Gasteiger charge is -2.29. The van der Waals surface area contributed by atoms with Gasteiger partial charge in [0.05, 0.1) is 5.25 Å². The number of rotatable bonds is 3. The number of hydrogen-bond donors (Lipinski definition) is 2. The molecule has 5 heteroatoms. The first-order valence-electron chi connectivity index (χ1n) is 5.14. The first kappa shape index (κ1) is 11.9. The van der Waals surface area contributed by atoms with Gasteiger partial charge in [0.15, 0.2) is 0 Å². The molecule has 0 aromatic carbocycles. The van der Waals surface area contributed by atoms with Crippen LogP contribution < -0.4 is 10.5 Å². The highest BCUT2D eigenvalue weighted by atomic mass is 32.2. The van der Waals surface area contributed by atoms with Crippen LogP contribution in [0.5, 0.6) is 0 Å².